The number of carbonyl (C=O) groups is 1. The monoisotopic (exact) mass is 353 g/mol. The van der Waals surface area contributed by atoms with E-state index >= 15 is 0 Å². The molecule has 9 heteroatoms. The first-order chi connectivity index (χ1) is 11.3. The van der Waals surface area contributed by atoms with Crippen molar-refractivity contribution in [3.05, 3.63) is 36.7 Å². The summed E-state index contributed by atoms with van der Waals surface area (Å²) in [6, 6.07) is 7.07. The van der Waals surface area contributed by atoms with Crippen molar-refractivity contribution in [2.24, 2.45) is 5.92 Å². The second kappa shape index (κ2) is 7.02. The molecule has 1 aromatic heterocycles. The molecule has 0 saturated carbocycles. The number of aliphatic carboxylic acids is 1. The summed E-state index contributed by atoms with van der Waals surface area (Å²) < 4.78 is 32.7. The predicted octanol–water partition coefficient (Wildman–Crippen LogP) is 1.22. The van der Waals surface area contributed by atoms with E-state index in [1.165, 1.54) is 38.2 Å². The minimum Gasteiger partial charge on any atom is -0.494 e. The second-order valence-corrected chi connectivity index (χ2v) is 7.36. The predicted molar refractivity (Wildman–Crippen MR) is 86.7 cm³/mol. The normalized spacial score (nSPS) is 13.0. The average Bonchev–Trinajstić information content (AvgIpc) is 3.05. The lowest BCUT2D eigenvalue weighted by Crippen LogP contribution is -2.33. The van der Waals surface area contributed by atoms with Crippen LogP contribution in [0.3, 0.4) is 0 Å². The molecular weight excluding hydrogens is 334 g/mol. The SMILES string of the molecule is COc1ccccc1-n1cc(S(=O)(=O)N(C)CC(C)C(=O)O)cn1. The van der Waals surface area contributed by atoms with E-state index in [9.17, 15) is 13.2 Å². The Hall–Kier alpha value is -2.39. The summed E-state index contributed by atoms with van der Waals surface area (Å²) in [5.74, 6) is -1.31. The van der Waals surface area contributed by atoms with Crippen molar-refractivity contribution < 1.29 is 23.1 Å². The molecule has 0 amide bonds. The van der Waals surface area contributed by atoms with Gasteiger partial charge >= 0.3 is 5.97 Å². The van der Waals surface area contributed by atoms with E-state index in [4.69, 9.17) is 9.84 Å². The highest BCUT2D eigenvalue weighted by molar-refractivity contribution is 7.89. The van der Waals surface area contributed by atoms with Crippen molar-refractivity contribution in [2.75, 3.05) is 20.7 Å². The molecule has 0 aliphatic rings. The largest absolute Gasteiger partial charge is 0.494 e. The maximum atomic E-state index is 12.5. The quantitative estimate of drug-likeness (QED) is 0.803. The van der Waals surface area contributed by atoms with Crippen LogP contribution in [0.15, 0.2) is 41.6 Å². The highest BCUT2D eigenvalue weighted by atomic mass is 32.2. The smallest absolute Gasteiger partial charge is 0.307 e. The highest BCUT2D eigenvalue weighted by Gasteiger charge is 2.26. The molecule has 130 valence electrons. The Morgan fingerprint density at radius 2 is 2.08 bits per heavy atom. The first-order valence-electron chi connectivity index (χ1n) is 7.14. The Morgan fingerprint density at radius 1 is 1.42 bits per heavy atom. The van der Waals surface area contributed by atoms with E-state index in [1.807, 2.05) is 0 Å². The zero-order valence-corrected chi connectivity index (χ0v) is 14.4. The van der Waals surface area contributed by atoms with E-state index in [0.29, 0.717) is 11.4 Å². The number of carboxylic acid groups (broad SMARTS) is 1. The molecule has 0 bridgehead atoms. The molecule has 24 heavy (non-hydrogen) atoms. The van der Waals surface area contributed by atoms with Gasteiger partial charge in [0.1, 0.15) is 16.3 Å². The fourth-order valence-electron chi connectivity index (χ4n) is 2.13. The second-order valence-electron chi connectivity index (χ2n) is 5.32. The third kappa shape index (κ3) is 3.57. The van der Waals surface area contributed by atoms with Crippen molar-refractivity contribution in [1.29, 1.82) is 0 Å². The Bertz CT molecular complexity index is 831. The number of aromatic nitrogens is 2. The first kappa shape index (κ1) is 18.0. The average molecular weight is 353 g/mol. The van der Waals surface area contributed by atoms with Gasteiger partial charge in [0.05, 0.1) is 25.4 Å². The summed E-state index contributed by atoms with van der Waals surface area (Å²) in [5.41, 5.74) is 0.600. The standard InChI is InChI=1S/C15H19N3O5S/c1-11(15(19)20)9-17(2)24(21,22)12-8-16-18(10-12)13-6-4-5-7-14(13)23-3/h4-8,10-11H,9H2,1-3H3,(H,19,20). The Kier molecular flexibility index (Phi) is 5.25. The lowest BCUT2D eigenvalue weighted by molar-refractivity contribution is -0.141. The van der Waals surface area contributed by atoms with Gasteiger partial charge in [-0.1, -0.05) is 19.1 Å². The van der Waals surface area contributed by atoms with Crippen molar-refractivity contribution in [2.45, 2.75) is 11.8 Å². The molecule has 0 spiro atoms. The fraction of sp³-hybridized carbons (Fsp3) is 0.333. The van der Waals surface area contributed by atoms with Crippen molar-refractivity contribution in [1.82, 2.24) is 14.1 Å². The van der Waals surface area contributed by atoms with Crippen LogP contribution in [0.1, 0.15) is 6.92 Å². The van der Waals surface area contributed by atoms with Crippen LogP contribution in [0.4, 0.5) is 0 Å². The lowest BCUT2D eigenvalue weighted by atomic mass is 10.2. The van der Waals surface area contributed by atoms with Crippen LogP contribution >= 0.6 is 0 Å². The summed E-state index contributed by atoms with van der Waals surface area (Å²) in [7, 11) is -0.971. The topological polar surface area (TPSA) is 102 Å². The van der Waals surface area contributed by atoms with Crippen LogP contribution in [0.25, 0.3) is 5.69 Å². The highest BCUT2D eigenvalue weighted by Crippen LogP contribution is 2.23. The van der Waals surface area contributed by atoms with Crippen LogP contribution < -0.4 is 4.74 Å². The van der Waals surface area contributed by atoms with Crippen LogP contribution in [0.5, 0.6) is 5.75 Å². The Morgan fingerprint density at radius 3 is 2.71 bits per heavy atom. The van der Waals surface area contributed by atoms with E-state index < -0.39 is 21.9 Å². The van der Waals surface area contributed by atoms with Gasteiger partial charge in [-0.05, 0) is 12.1 Å². The Labute approximate surface area is 140 Å². The number of sulfonamides is 1. The summed E-state index contributed by atoms with van der Waals surface area (Å²) in [4.78, 5) is 10.9. The van der Waals surface area contributed by atoms with Crippen molar-refractivity contribution in [3.8, 4) is 11.4 Å². The summed E-state index contributed by atoms with van der Waals surface area (Å²) in [6.45, 7) is 1.32. The molecule has 1 aromatic carbocycles. The van der Waals surface area contributed by atoms with Gasteiger partial charge in [-0.2, -0.15) is 9.40 Å². The number of hydrogen-bond donors (Lipinski definition) is 1. The number of hydrogen-bond acceptors (Lipinski definition) is 5. The third-order valence-electron chi connectivity index (χ3n) is 3.55. The van der Waals surface area contributed by atoms with Gasteiger partial charge in [-0.25, -0.2) is 13.1 Å². The molecule has 2 rings (SSSR count). The van der Waals surface area contributed by atoms with E-state index in [1.54, 1.807) is 24.3 Å². The number of carboxylic acids is 1. The van der Waals surface area contributed by atoms with Crippen LogP contribution in [0.2, 0.25) is 0 Å². The van der Waals surface area contributed by atoms with Gasteiger partial charge in [-0.3, -0.25) is 4.79 Å². The zero-order valence-electron chi connectivity index (χ0n) is 13.6. The molecule has 0 saturated heterocycles. The maximum absolute atomic E-state index is 12.5. The van der Waals surface area contributed by atoms with E-state index in [2.05, 4.69) is 5.10 Å². The van der Waals surface area contributed by atoms with Crippen molar-refractivity contribution in [3.63, 3.8) is 0 Å². The van der Waals surface area contributed by atoms with Gasteiger partial charge in [-0.15, -0.1) is 0 Å². The molecular formula is C15H19N3O5S. The van der Waals surface area contributed by atoms with Gasteiger partial charge in [0.15, 0.2) is 0 Å². The molecule has 1 heterocycles. The molecule has 0 radical (unpaired) electrons. The first-order valence-corrected chi connectivity index (χ1v) is 8.58. The molecule has 8 nitrogen and oxygen atoms in total. The van der Waals surface area contributed by atoms with E-state index in [0.717, 1.165) is 4.31 Å². The van der Waals surface area contributed by atoms with Crippen LogP contribution in [-0.4, -0.2) is 54.3 Å². The summed E-state index contributed by atoms with van der Waals surface area (Å²) in [5, 5.41) is 13.0. The van der Waals surface area contributed by atoms with Crippen molar-refractivity contribution >= 4 is 16.0 Å². The molecule has 1 atom stereocenters. The molecule has 0 fully saturated rings. The fourth-order valence-corrected chi connectivity index (χ4v) is 3.33. The van der Waals surface area contributed by atoms with Crippen LogP contribution in [-0.2, 0) is 14.8 Å². The minimum atomic E-state index is -3.83. The van der Waals surface area contributed by atoms with Gasteiger partial charge in [0.2, 0.25) is 10.0 Å². The molecule has 0 aliphatic heterocycles. The van der Waals surface area contributed by atoms with Gasteiger partial charge < -0.3 is 9.84 Å². The molecule has 1 unspecified atom stereocenters. The molecule has 1 N–H and O–H groups in total. The van der Waals surface area contributed by atoms with Crippen LogP contribution in [0, 0.1) is 5.92 Å². The number of ether oxygens (including phenoxy) is 1. The number of rotatable bonds is 7. The number of nitrogens with zero attached hydrogens (tertiary/aromatic N) is 3. The molecule has 2 aromatic rings. The number of para-hydroxylation sites is 2. The van der Waals surface area contributed by atoms with E-state index in [-0.39, 0.29) is 11.4 Å². The third-order valence-corrected chi connectivity index (χ3v) is 5.33. The lowest BCUT2D eigenvalue weighted by Gasteiger charge is -2.18. The van der Waals surface area contributed by atoms with Gasteiger partial charge in [0.25, 0.3) is 0 Å². The molecule has 0 aliphatic carbocycles. The van der Waals surface area contributed by atoms with Gasteiger partial charge in [0, 0.05) is 13.6 Å². The zero-order chi connectivity index (χ0) is 17.9. The minimum absolute atomic E-state index is 0.0199. The number of methoxy groups -OCH3 is 1. The Balaban J connectivity index is 2.30. The maximum Gasteiger partial charge on any atom is 0.307 e. The summed E-state index contributed by atoms with van der Waals surface area (Å²) >= 11 is 0. The summed E-state index contributed by atoms with van der Waals surface area (Å²) in [6.07, 6.45) is 2.60. The number of benzene rings is 1.